The molecule has 84 heavy (non-hydrogen) atoms. The maximum absolute atomic E-state index is 13.2. The molecular formula is C64H86N10O10. The molecule has 8 atom stereocenters. The topological polar surface area (TPSA) is 259 Å². The van der Waals surface area contributed by atoms with Crippen molar-refractivity contribution in [2.24, 2.45) is 11.8 Å². The van der Waals surface area contributed by atoms with E-state index in [1.807, 2.05) is 114 Å². The third-order valence-corrected chi connectivity index (χ3v) is 15.1. The van der Waals surface area contributed by atoms with E-state index in [1.165, 1.54) is 10.0 Å². The number of nitrogens with one attached hydrogen (secondary N) is 6. The lowest BCUT2D eigenvalue weighted by atomic mass is 10.0. The fourth-order valence-corrected chi connectivity index (χ4v) is 10.0. The Kier molecular flexibility index (Phi) is 24.7. The summed E-state index contributed by atoms with van der Waals surface area (Å²) in [5.74, 6) is -3.22. The van der Waals surface area contributed by atoms with Crippen molar-refractivity contribution in [2.45, 2.75) is 181 Å². The highest BCUT2D eigenvalue weighted by Gasteiger charge is 2.36. The Balaban J connectivity index is 0.000000270. The predicted molar refractivity (Wildman–Crippen MR) is 323 cm³/mol. The standard InChI is InChI=1S/C33H45N5O5.C31H41N5O5/c1-7-9-10-11-14-29(39)36-30(21(3)4)31(40)35-22(5)32(41)38-17-12-13-28(37-38)33(42)43-23(6)24-15-16-25-20-34-27(8-2)19-26(25)18-24;1-19(2)28-29(38)33-20(3)30(39)36-15-9-11-26(35-36)31(40)41-21(4)22-13-14-23-18-32-25(17-24(23)16-22)10-7-5-6-8-12-27(37)34-28/h7-8,15-16,18-23,28,30,37H,1-2,9-14,17H2,3-6H3,(H,35,40)(H,36,39);7,10,13-14,16-21,26,28,35H,5-6,8-9,11-12,15H2,1-4H3,(H,33,38)(H,34,37)/b;10-7+/t22-,23+,28-,30-;20-,21+,26-,28-/m00/s1. The van der Waals surface area contributed by atoms with Gasteiger partial charge < -0.3 is 30.7 Å². The average Bonchev–Trinajstić information content (AvgIpc) is 3.49. The van der Waals surface area contributed by atoms with Crippen molar-refractivity contribution in [3.05, 3.63) is 109 Å². The number of hydrogen-bond donors (Lipinski definition) is 6. The zero-order valence-electron chi connectivity index (χ0n) is 50.0. The van der Waals surface area contributed by atoms with Crippen molar-refractivity contribution in [1.82, 2.24) is 52.1 Å². The molecule has 0 aliphatic carbocycles. The van der Waals surface area contributed by atoms with Crippen LogP contribution in [0, 0.1) is 11.8 Å². The molecule has 3 aliphatic heterocycles. The Morgan fingerprint density at radius 3 is 2.26 bits per heavy atom. The van der Waals surface area contributed by atoms with Gasteiger partial charge in [-0.15, -0.1) is 6.58 Å². The summed E-state index contributed by atoms with van der Waals surface area (Å²) in [7, 11) is 0. The summed E-state index contributed by atoms with van der Waals surface area (Å²) in [4.78, 5) is 112. The van der Waals surface area contributed by atoms with Gasteiger partial charge in [0.15, 0.2) is 0 Å². The smallest absolute Gasteiger partial charge is 0.325 e. The first kappa shape index (κ1) is 65.3. The van der Waals surface area contributed by atoms with E-state index in [-0.39, 0.29) is 35.5 Å². The molecule has 2 aromatic heterocycles. The fourth-order valence-electron chi connectivity index (χ4n) is 10.0. The molecule has 2 aromatic carbocycles. The average molecular weight is 1160 g/mol. The van der Waals surface area contributed by atoms with E-state index in [0.717, 1.165) is 69.7 Å². The van der Waals surface area contributed by atoms with E-state index in [9.17, 15) is 38.4 Å². The maximum Gasteiger partial charge on any atom is 0.325 e. The number of rotatable bonds is 15. The highest BCUT2D eigenvalue weighted by atomic mass is 16.5. The van der Waals surface area contributed by atoms with E-state index >= 15 is 0 Å². The van der Waals surface area contributed by atoms with Crippen LogP contribution < -0.4 is 32.1 Å². The number of carbonyl (C=O) groups excluding carboxylic acids is 8. The second kappa shape index (κ2) is 31.7. The number of cyclic esters (lactones) is 1. The third-order valence-electron chi connectivity index (χ3n) is 15.1. The van der Waals surface area contributed by atoms with Gasteiger partial charge in [0.25, 0.3) is 11.8 Å². The molecule has 20 nitrogen and oxygen atoms in total. The van der Waals surface area contributed by atoms with Gasteiger partial charge in [-0.3, -0.25) is 58.3 Å². The van der Waals surface area contributed by atoms with Crippen LogP contribution in [0.15, 0.2) is 86.2 Å². The van der Waals surface area contributed by atoms with Crippen LogP contribution in [0.4, 0.5) is 0 Å². The van der Waals surface area contributed by atoms with Crippen molar-refractivity contribution in [3.8, 4) is 0 Å². The van der Waals surface area contributed by atoms with Crippen LogP contribution in [0.1, 0.15) is 167 Å². The van der Waals surface area contributed by atoms with Gasteiger partial charge in [0.1, 0.15) is 48.5 Å². The number of amides is 6. The maximum atomic E-state index is 13.2. The summed E-state index contributed by atoms with van der Waals surface area (Å²) in [6.45, 7) is 22.4. The molecule has 7 rings (SSSR count). The van der Waals surface area contributed by atoms with E-state index in [4.69, 9.17) is 9.47 Å². The van der Waals surface area contributed by atoms with Crippen molar-refractivity contribution >= 4 is 81.1 Å². The van der Waals surface area contributed by atoms with E-state index in [0.29, 0.717) is 64.5 Å². The summed E-state index contributed by atoms with van der Waals surface area (Å²) in [5, 5.41) is 17.8. The predicted octanol–water partition coefficient (Wildman–Crippen LogP) is 7.94. The second-order valence-electron chi connectivity index (χ2n) is 22.6. The van der Waals surface area contributed by atoms with Gasteiger partial charge in [0.2, 0.25) is 23.6 Å². The number of esters is 2. The molecule has 2 fully saturated rings. The first-order chi connectivity index (χ1) is 40.1. The van der Waals surface area contributed by atoms with Crippen LogP contribution >= 0.6 is 0 Å². The Morgan fingerprint density at radius 1 is 0.810 bits per heavy atom. The number of fused-ring (bicyclic) bond motifs is 5. The minimum absolute atomic E-state index is 0.165. The zero-order valence-corrected chi connectivity index (χ0v) is 50.0. The quantitative estimate of drug-likeness (QED) is 0.0375. The summed E-state index contributed by atoms with van der Waals surface area (Å²) < 4.78 is 11.6. The normalized spacial score (nSPS) is 21.6. The lowest BCUT2D eigenvalue weighted by Gasteiger charge is -2.35. The number of hydrogen-bond acceptors (Lipinski definition) is 14. The molecule has 6 N–H and O–H groups in total. The number of aromatic nitrogens is 2. The number of benzene rings is 2. The van der Waals surface area contributed by atoms with Gasteiger partial charge in [-0.25, -0.2) is 10.9 Å². The monoisotopic (exact) mass is 1150 g/mol. The molecule has 5 bridgehead atoms. The molecule has 4 aromatic rings. The molecule has 3 aliphatic rings. The fraction of sp³-hybridized carbons (Fsp3) is 0.500. The van der Waals surface area contributed by atoms with Gasteiger partial charge in [-0.1, -0.05) is 70.7 Å². The number of hydrazine groups is 2. The Hall–Kier alpha value is -7.84. The Morgan fingerprint density at radius 2 is 1.54 bits per heavy atom. The van der Waals surface area contributed by atoms with Crippen LogP contribution in [-0.4, -0.2) is 117 Å². The van der Waals surface area contributed by atoms with E-state index < -0.39 is 72.2 Å². The molecule has 0 unspecified atom stereocenters. The highest BCUT2D eigenvalue weighted by Crippen LogP contribution is 2.27. The molecular weight excluding hydrogens is 1070 g/mol. The van der Waals surface area contributed by atoms with Crippen molar-refractivity contribution in [1.29, 1.82) is 0 Å². The lowest BCUT2D eigenvalue weighted by Crippen LogP contribution is -2.61. The highest BCUT2D eigenvalue weighted by molar-refractivity contribution is 5.94. The minimum Gasteiger partial charge on any atom is -0.457 e. The van der Waals surface area contributed by atoms with Gasteiger partial charge in [0.05, 0.1) is 11.4 Å². The molecule has 5 heterocycles. The largest absolute Gasteiger partial charge is 0.457 e. The lowest BCUT2D eigenvalue weighted by molar-refractivity contribution is -0.158. The molecule has 0 spiro atoms. The van der Waals surface area contributed by atoms with Crippen LogP contribution in [-0.2, 0) is 47.8 Å². The van der Waals surface area contributed by atoms with E-state index in [2.05, 4.69) is 55.2 Å². The summed E-state index contributed by atoms with van der Waals surface area (Å²) in [6, 6.07) is 11.0. The molecule has 0 radical (unpaired) electrons. The molecule has 6 amide bonds. The third kappa shape index (κ3) is 18.8. The van der Waals surface area contributed by atoms with Crippen LogP contribution in [0.5, 0.6) is 0 Å². The SMILES string of the molecule is C=CCCCCC(=O)N[C@H](C(=O)N[C@@H](C)C(=O)N1CCC[C@@H](C(=O)O[C@H](C)c2ccc3cnc(C=C)cc3c2)N1)C(C)C.CC(C)[C@@H]1NC(=O)CCCC/C=C/c2cc3cc(ccc3cn2)[C@@H](C)OC(=O)[C@@H]2CCCN(N2)C(=O)[C@H](C)NC1=O. The molecule has 20 heteroatoms. The van der Waals surface area contributed by atoms with Gasteiger partial charge in [-0.05, 0) is 162 Å². The number of nitrogens with zero attached hydrogens (tertiary/aromatic N) is 4. The number of carbonyl (C=O) groups is 8. The minimum atomic E-state index is -0.869. The number of pyridine rings is 2. The van der Waals surface area contributed by atoms with Crippen LogP contribution in [0.2, 0.25) is 0 Å². The molecule has 452 valence electrons. The summed E-state index contributed by atoms with van der Waals surface area (Å²) >= 11 is 0. The number of ether oxygens (including phenoxy) is 2. The van der Waals surface area contributed by atoms with Gasteiger partial charge >= 0.3 is 11.9 Å². The second-order valence-corrected chi connectivity index (χ2v) is 22.6. The summed E-state index contributed by atoms with van der Waals surface area (Å²) in [6.07, 6.45) is 17.7. The van der Waals surface area contributed by atoms with E-state index in [1.54, 1.807) is 26.1 Å². The zero-order chi connectivity index (χ0) is 61.0. The van der Waals surface area contributed by atoms with Crippen molar-refractivity contribution in [2.75, 3.05) is 13.1 Å². The molecule has 2 saturated heterocycles. The van der Waals surface area contributed by atoms with Crippen LogP contribution in [0.25, 0.3) is 33.7 Å². The first-order valence-electron chi connectivity index (χ1n) is 29.6. The van der Waals surface area contributed by atoms with Crippen molar-refractivity contribution in [3.63, 3.8) is 0 Å². The number of unbranched alkanes of at least 4 members (excludes halogenated alkanes) is 2. The number of allylic oxidation sites excluding steroid dienone is 2. The first-order valence-corrected chi connectivity index (χ1v) is 29.6. The molecule has 0 saturated carbocycles. The van der Waals surface area contributed by atoms with Gasteiger partial charge in [0, 0.05) is 49.1 Å². The van der Waals surface area contributed by atoms with Crippen molar-refractivity contribution < 1.29 is 47.8 Å². The van der Waals surface area contributed by atoms with Crippen LogP contribution in [0.3, 0.4) is 0 Å². The van der Waals surface area contributed by atoms with Gasteiger partial charge in [-0.2, -0.15) is 0 Å². The Bertz CT molecular complexity index is 3040. The Labute approximate surface area is 493 Å². The summed E-state index contributed by atoms with van der Waals surface area (Å²) in [5.41, 5.74) is 9.26.